The Bertz CT molecular complexity index is 1000. The zero-order chi connectivity index (χ0) is 19.0. The SMILES string of the molecule is Cn1cc(C(=O)N2CCC[C@@H](c3ccn(CC(=O)O)n3)C2)c2ccccc21. The van der Waals surface area contributed by atoms with Gasteiger partial charge in [-0.1, -0.05) is 18.2 Å². The lowest BCUT2D eigenvalue weighted by Gasteiger charge is -2.32. The molecule has 1 aliphatic rings. The molecular formula is C20H22N4O3. The molecule has 7 nitrogen and oxygen atoms in total. The summed E-state index contributed by atoms with van der Waals surface area (Å²) in [6.07, 6.45) is 5.45. The summed E-state index contributed by atoms with van der Waals surface area (Å²) in [6, 6.07) is 9.78. The zero-order valence-corrected chi connectivity index (χ0v) is 15.2. The third-order valence-electron chi connectivity index (χ3n) is 5.21. The van der Waals surface area contributed by atoms with Gasteiger partial charge in [0.25, 0.3) is 5.91 Å². The molecule has 1 atom stereocenters. The quantitative estimate of drug-likeness (QED) is 0.769. The summed E-state index contributed by atoms with van der Waals surface area (Å²) in [5.74, 6) is -0.741. The summed E-state index contributed by atoms with van der Waals surface area (Å²) in [4.78, 5) is 25.9. The first kappa shape index (κ1) is 17.3. The number of hydrogen-bond donors (Lipinski definition) is 1. The van der Waals surface area contributed by atoms with Gasteiger partial charge in [-0.2, -0.15) is 5.10 Å². The van der Waals surface area contributed by atoms with Crippen molar-refractivity contribution in [1.82, 2.24) is 19.2 Å². The maximum atomic E-state index is 13.2. The van der Waals surface area contributed by atoms with Crippen LogP contribution in [-0.4, -0.2) is 49.3 Å². The molecule has 1 amide bonds. The van der Waals surface area contributed by atoms with E-state index in [0.29, 0.717) is 6.54 Å². The van der Waals surface area contributed by atoms with E-state index >= 15 is 0 Å². The summed E-state index contributed by atoms with van der Waals surface area (Å²) in [6.45, 7) is 1.19. The fourth-order valence-corrected chi connectivity index (χ4v) is 3.91. The number of carboxylic acids is 1. The van der Waals surface area contributed by atoms with Crippen LogP contribution in [0.25, 0.3) is 10.9 Å². The van der Waals surface area contributed by atoms with Crippen molar-refractivity contribution in [3.63, 3.8) is 0 Å². The summed E-state index contributed by atoms with van der Waals surface area (Å²) in [5, 5.41) is 14.3. The Morgan fingerprint density at radius 2 is 2.07 bits per heavy atom. The van der Waals surface area contributed by atoms with Crippen molar-refractivity contribution in [3.8, 4) is 0 Å². The van der Waals surface area contributed by atoms with Crippen LogP contribution in [0.1, 0.15) is 34.8 Å². The number of rotatable bonds is 4. The first-order chi connectivity index (χ1) is 13.0. The van der Waals surface area contributed by atoms with Crippen molar-refractivity contribution in [2.75, 3.05) is 13.1 Å². The molecule has 7 heteroatoms. The van der Waals surface area contributed by atoms with Crippen LogP contribution in [0.15, 0.2) is 42.7 Å². The lowest BCUT2D eigenvalue weighted by molar-refractivity contribution is -0.137. The lowest BCUT2D eigenvalue weighted by atomic mass is 9.94. The van der Waals surface area contributed by atoms with E-state index in [2.05, 4.69) is 5.10 Å². The maximum Gasteiger partial charge on any atom is 0.325 e. The molecule has 4 rings (SSSR count). The van der Waals surface area contributed by atoms with Gasteiger partial charge in [-0.25, -0.2) is 0 Å². The van der Waals surface area contributed by atoms with Gasteiger partial charge in [0.05, 0.1) is 11.3 Å². The van der Waals surface area contributed by atoms with E-state index < -0.39 is 5.97 Å². The second-order valence-electron chi connectivity index (χ2n) is 7.09. The number of amides is 1. The fourth-order valence-electron chi connectivity index (χ4n) is 3.91. The molecule has 1 aromatic carbocycles. The van der Waals surface area contributed by atoms with Crippen LogP contribution in [0, 0.1) is 0 Å². The van der Waals surface area contributed by atoms with Crippen LogP contribution in [0.2, 0.25) is 0 Å². The minimum atomic E-state index is -0.916. The summed E-state index contributed by atoms with van der Waals surface area (Å²) in [5.41, 5.74) is 2.62. The summed E-state index contributed by atoms with van der Waals surface area (Å²) >= 11 is 0. The molecule has 1 saturated heterocycles. The van der Waals surface area contributed by atoms with E-state index in [4.69, 9.17) is 5.11 Å². The first-order valence-electron chi connectivity index (χ1n) is 9.11. The van der Waals surface area contributed by atoms with Crippen molar-refractivity contribution >= 4 is 22.8 Å². The first-order valence-corrected chi connectivity index (χ1v) is 9.11. The van der Waals surface area contributed by atoms with Crippen LogP contribution in [0.3, 0.4) is 0 Å². The van der Waals surface area contributed by atoms with E-state index in [9.17, 15) is 9.59 Å². The molecule has 0 spiro atoms. The van der Waals surface area contributed by atoms with Crippen LogP contribution in [0.5, 0.6) is 0 Å². The van der Waals surface area contributed by atoms with Gasteiger partial charge in [0.15, 0.2) is 0 Å². The van der Waals surface area contributed by atoms with Gasteiger partial charge in [-0.15, -0.1) is 0 Å². The Morgan fingerprint density at radius 3 is 2.89 bits per heavy atom. The molecule has 1 fully saturated rings. The molecule has 0 saturated carbocycles. The van der Waals surface area contributed by atoms with Crippen LogP contribution < -0.4 is 0 Å². The van der Waals surface area contributed by atoms with Crippen molar-refractivity contribution in [3.05, 3.63) is 54.0 Å². The van der Waals surface area contributed by atoms with E-state index in [1.54, 1.807) is 6.20 Å². The standard InChI is InChI=1S/C20H22N4O3/c1-22-12-16(15-6-2-3-7-18(15)22)20(27)23-9-4-5-14(11-23)17-8-10-24(21-17)13-19(25)26/h2-3,6-8,10,12,14H,4-5,9,11,13H2,1H3,(H,25,26)/t14-/m1/s1. The van der Waals surface area contributed by atoms with Gasteiger partial charge in [-0.3, -0.25) is 14.3 Å². The molecule has 0 unspecified atom stereocenters. The molecule has 140 valence electrons. The highest BCUT2D eigenvalue weighted by molar-refractivity contribution is 6.07. The Morgan fingerprint density at radius 1 is 1.26 bits per heavy atom. The van der Waals surface area contributed by atoms with Crippen LogP contribution in [0.4, 0.5) is 0 Å². The number of aromatic nitrogens is 3. The predicted octanol–water partition coefficient (Wildman–Crippen LogP) is 2.48. The van der Waals surface area contributed by atoms with Crippen LogP contribution in [-0.2, 0) is 18.4 Å². The molecule has 1 N–H and O–H groups in total. The number of para-hydroxylation sites is 1. The number of carbonyl (C=O) groups excluding carboxylic acids is 1. The number of benzene rings is 1. The highest BCUT2D eigenvalue weighted by Crippen LogP contribution is 2.28. The number of piperidine rings is 1. The van der Waals surface area contributed by atoms with E-state index in [1.807, 2.05) is 53.0 Å². The van der Waals surface area contributed by atoms with Gasteiger partial charge in [0, 0.05) is 49.4 Å². The molecule has 3 heterocycles. The monoisotopic (exact) mass is 366 g/mol. The minimum absolute atomic E-state index is 0.0430. The molecule has 0 aliphatic carbocycles. The molecule has 0 bridgehead atoms. The second-order valence-corrected chi connectivity index (χ2v) is 7.09. The average molecular weight is 366 g/mol. The number of aryl methyl sites for hydroxylation is 1. The maximum absolute atomic E-state index is 13.2. The van der Waals surface area contributed by atoms with Gasteiger partial charge >= 0.3 is 5.97 Å². The Labute approximate surface area is 156 Å². The summed E-state index contributed by atoms with van der Waals surface area (Å²) in [7, 11) is 1.95. The smallest absolute Gasteiger partial charge is 0.325 e. The lowest BCUT2D eigenvalue weighted by Crippen LogP contribution is -2.39. The number of hydrogen-bond acceptors (Lipinski definition) is 3. The topological polar surface area (TPSA) is 80.4 Å². The molecule has 3 aromatic rings. The Hall–Kier alpha value is -3.09. The van der Waals surface area contributed by atoms with E-state index in [-0.39, 0.29) is 18.4 Å². The number of likely N-dealkylation sites (tertiary alicyclic amines) is 1. The number of nitrogens with zero attached hydrogens (tertiary/aromatic N) is 4. The van der Waals surface area contributed by atoms with E-state index in [0.717, 1.165) is 41.5 Å². The van der Waals surface area contributed by atoms with Gasteiger partial charge in [0.1, 0.15) is 6.54 Å². The van der Waals surface area contributed by atoms with Gasteiger partial charge in [-0.05, 0) is 25.0 Å². The number of fused-ring (bicyclic) bond motifs is 1. The molecule has 27 heavy (non-hydrogen) atoms. The van der Waals surface area contributed by atoms with Crippen molar-refractivity contribution < 1.29 is 14.7 Å². The number of aliphatic carboxylic acids is 1. The Balaban J connectivity index is 1.54. The second kappa shape index (κ2) is 6.90. The molecular weight excluding hydrogens is 344 g/mol. The third-order valence-corrected chi connectivity index (χ3v) is 5.21. The predicted molar refractivity (Wildman–Crippen MR) is 101 cm³/mol. The normalized spacial score (nSPS) is 17.4. The average Bonchev–Trinajstić information content (AvgIpc) is 3.26. The highest BCUT2D eigenvalue weighted by atomic mass is 16.4. The Kier molecular flexibility index (Phi) is 4.43. The molecule has 2 aromatic heterocycles. The van der Waals surface area contributed by atoms with E-state index in [1.165, 1.54) is 4.68 Å². The largest absolute Gasteiger partial charge is 0.480 e. The van der Waals surface area contributed by atoms with Crippen LogP contribution >= 0.6 is 0 Å². The van der Waals surface area contributed by atoms with Gasteiger partial charge < -0.3 is 14.6 Å². The summed E-state index contributed by atoms with van der Waals surface area (Å²) < 4.78 is 3.42. The zero-order valence-electron chi connectivity index (χ0n) is 15.2. The fraction of sp³-hybridized carbons (Fsp3) is 0.350. The highest BCUT2D eigenvalue weighted by Gasteiger charge is 2.28. The molecule has 0 radical (unpaired) electrons. The number of carbonyl (C=O) groups is 2. The number of carboxylic acid groups (broad SMARTS) is 1. The van der Waals surface area contributed by atoms with Crippen molar-refractivity contribution in [2.24, 2.45) is 7.05 Å². The molecule has 1 aliphatic heterocycles. The van der Waals surface area contributed by atoms with Crippen molar-refractivity contribution in [1.29, 1.82) is 0 Å². The van der Waals surface area contributed by atoms with Crippen molar-refractivity contribution in [2.45, 2.75) is 25.3 Å². The third kappa shape index (κ3) is 3.32. The van der Waals surface area contributed by atoms with Gasteiger partial charge in [0.2, 0.25) is 0 Å². The minimum Gasteiger partial charge on any atom is -0.480 e.